The van der Waals surface area contributed by atoms with Crippen LogP contribution in [0.25, 0.3) is 52.2 Å². The average Bonchev–Trinajstić information content (AvgIpc) is 3.99. The highest BCUT2D eigenvalue weighted by molar-refractivity contribution is 7.23. The number of rotatable bonds is 16. The SMILES string of the molecule is CC1=c2cc3c(cc2-c2sc4ccccc4c2C1(C)C)=C(c1ccc(N(CC(=O)O)CC(=O)O)c(OCCOc2cc(C)ccc2N(CC(=O)O)CC(=O)O)c1)c1cc2c(cc1O3)N(C)C(C)(C)c1c-2sc2ccccc12. The Kier molecular flexibility index (Phi) is 12.6. The average molecular weight is 1070 g/mol. The van der Waals surface area contributed by atoms with Crippen LogP contribution in [-0.2, 0) is 30.1 Å². The maximum absolute atomic E-state index is 12.4. The molecule has 392 valence electrons. The third kappa shape index (κ3) is 8.74. The number of aryl methyl sites for hydroxylation is 1. The standard InChI is InChI=1S/C61H55N3O11S2/c1-32-16-18-42(63(28-51(65)66)29-52(67)68)47(22-32)73-20-21-74-48-23-34(17-19-43(48)64(30-53(69)70)31-54(71)72)55-40-24-38-37(33(2)60(3,4)56-35-12-8-10-14-49(35)76-58(38)56)26-45(40)75-46-27-44-39(25-41(46)55)59-57(61(5,6)62(44)7)36-13-9-11-15-50(36)77-59/h8-19,22-27H,20-21,28-31H2,1-7H3,(H,65,66)(H,67,68)(H,69,70)(H,71,72). The van der Waals surface area contributed by atoms with Gasteiger partial charge in [0.15, 0.2) is 0 Å². The van der Waals surface area contributed by atoms with Crippen molar-refractivity contribution in [3.05, 3.63) is 147 Å². The molecule has 14 nitrogen and oxygen atoms in total. The first-order chi connectivity index (χ1) is 36.7. The molecule has 2 aliphatic heterocycles. The van der Waals surface area contributed by atoms with Crippen LogP contribution in [0, 0.1) is 6.92 Å². The molecule has 77 heavy (non-hydrogen) atoms. The van der Waals surface area contributed by atoms with Crippen LogP contribution in [0.15, 0.2) is 109 Å². The predicted molar refractivity (Wildman–Crippen MR) is 303 cm³/mol. The van der Waals surface area contributed by atoms with E-state index in [-0.39, 0.29) is 47.0 Å². The van der Waals surface area contributed by atoms with Gasteiger partial charge in [-0.25, -0.2) is 0 Å². The number of carbonyl (C=O) groups is 4. The molecule has 0 saturated heterocycles. The van der Waals surface area contributed by atoms with Crippen molar-refractivity contribution < 1.29 is 53.8 Å². The van der Waals surface area contributed by atoms with Gasteiger partial charge in [-0.15, -0.1) is 22.7 Å². The number of anilines is 3. The van der Waals surface area contributed by atoms with Crippen LogP contribution >= 0.6 is 22.7 Å². The molecule has 6 aromatic carbocycles. The molecule has 4 N–H and O–H groups in total. The highest BCUT2D eigenvalue weighted by atomic mass is 32.1. The molecule has 0 fully saturated rings. The second-order valence-corrected chi connectivity index (χ2v) is 23.0. The van der Waals surface area contributed by atoms with Crippen LogP contribution in [0.2, 0.25) is 0 Å². The van der Waals surface area contributed by atoms with Crippen LogP contribution in [0.1, 0.15) is 62.4 Å². The molecule has 2 aromatic heterocycles. The number of thiophene rings is 2. The number of aliphatic carboxylic acids is 4. The van der Waals surface area contributed by atoms with Crippen LogP contribution in [0.5, 0.6) is 23.0 Å². The topological polar surface area (TPSA) is 187 Å². The van der Waals surface area contributed by atoms with E-state index < -0.39 is 50.1 Å². The van der Waals surface area contributed by atoms with Gasteiger partial charge in [-0.2, -0.15) is 0 Å². The molecule has 16 heteroatoms. The summed E-state index contributed by atoms with van der Waals surface area (Å²) in [6.45, 7) is 10.3. The normalized spacial score (nSPS) is 14.4. The first-order valence-electron chi connectivity index (χ1n) is 25.1. The van der Waals surface area contributed by atoms with Gasteiger partial charge in [-0.05, 0) is 115 Å². The summed E-state index contributed by atoms with van der Waals surface area (Å²) in [4.78, 5) is 55.5. The molecule has 0 unspecified atom stereocenters. The number of ether oxygens (including phenoxy) is 3. The predicted octanol–water partition coefficient (Wildman–Crippen LogP) is 10.7. The van der Waals surface area contributed by atoms with E-state index in [0.29, 0.717) is 17.1 Å². The summed E-state index contributed by atoms with van der Waals surface area (Å²) >= 11 is 3.53. The first-order valence-corrected chi connectivity index (χ1v) is 26.8. The Morgan fingerprint density at radius 2 is 1.12 bits per heavy atom. The zero-order valence-corrected chi connectivity index (χ0v) is 45.1. The van der Waals surface area contributed by atoms with Crippen LogP contribution in [0.3, 0.4) is 0 Å². The van der Waals surface area contributed by atoms with Gasteiger partial charge >= 0.3 is 23.9 Å². The van der Waals surface area contributed by atoms with Gasteiger partial charge in [0.2, 0.25) is 0 Å². The number of fused-ring (bicyclic) bond motifs is 12. The van der Waals surface area contributed by atoms with Crippen molar-refractivity contribution in [3.8, 4) is 43.9 Å². The molecule has 4 heterocycles. The fourth-order valence-corrected chi connectivity index (χ4v) is 14.2. The van der Waals surface area contributed by atoms with Gasteiger partial charge in [0.25, 0.3) is 0 Å². The second kappa shape index (κ2) is 19.0. The summed E-state index contributed by atoms with van der Waals surface area (Å²) in [5.41, 5.74) is 9.74. The number of benzene rings is 6. The van der Waals surface area contributed by atoms with E-state index in [1.165, 1.54) is 51.5 Å². The molecule has 0 atom stereocenters. The smallest absolute Gasteiger partial charge is 0.323 e. The minimum absolute atomic E-state index is 0.120. The van der Waals surface area contributed by atoms with Gasteiger partial charge in [-0.1, -0.05) is 68.0 Å². The van der Waals surface area contributed by atoms with Crippen molar-refractivity contribution in [2.75, 3.05) is 61.1 Å². The molecule has 0 radical (unpaired) electrons. The van der Waals surface area contributed by atoms with Gasteiger partial charge in [0.05, 0.1) is 16.9 Å². The minimum Gasteiger partial charge on any atom is -0.488 e. The molecule has 0 spiro atoms. The molecule has 1 aliphatic carbocycles. The van der Waals surface area contributed by atoms with E-state index >= 15 is 0 Å². The lowest BCUT2D eigenvalue weighted by Gasteiger charge is -2.43. The third-order valence-electron chi connectivity index (χ3n) is 15.4. The number of carboxylic acid groups (broad SMARTS) is 4. The Balaban J connectivity index is 1.11. The Hall–Kier alpha value is -8.34. The number of hydrogen-bond donors (Lipinski definition) is 4. The van der Waals surface area contributed by atoms with Crippen molar-refractivity contribution in [2.24, 2.45) is 0 Å². The second-order valence-electron chi connectivity index (χ2n) is 20.8. The highest BCUT2D eigenvalue weighted by Gasteiger charge is 2.41. The van der Waals surface area contributed by atoms with Crippen molar-refractivity contribution in [2.45, 2.75) is 52.5 Å². The summed E-state index contributed by atoms with van der Waals surface area (Å²) < 4.78 is 22.3. The Bertz CT molecular complexity index is 3930. The van der Waals surface area contributed by atoms with Crippen molar-refractivity contribution in [1.82, 2.24) is 0 Å². The first kappa shape index (κ1) is 50.8. The number of nitrogens with zero attached hydrogens (tertiary/aromatic N) is 3. The fraction of sp³-hybridized carbons (Fsp3) is 0.246. The van der Waals surface area contributed by atoms with E-state index in [1.54, 1.807) is 46.9 Å². The molecule has 11 rings (SSSR count). The Morgan fingerprint density at radius 1 is 0.584 bits per heavy atom. The number of carboxylic acids is 4. The summed E-state index contributed by atoms with van der Waals surface area (Å²) in [5.74, 6) is -3.24. The van der Waals surface area contributed by atoms with Crippen molar-refractivity contribution in [3.63, 3.8) is 0 Å². The maximum atomic E-state index is 12.4. The maximum Gasteiger partial charge on any atom is 0.323 e. The molecule has 0 saturated carbocycles. The van der Waals surface area contributed by atoms with Gasteiger partial charge < -0.3 is 49.3 Å². The molecular formula is C61H55N3O11S2. The zero-order valence-electron chi connectivity index (χ0n) is 43.4. The lowest BCUT2D eigenvalue weighted by molar-refractivity contribution is -0.138. The highest BCUT2D eigenvalue weighted by Crippen LogP contribution is 2.56. The molecule has 0 amide bonds. The van der Waals surface area contributed by atoms with E-state index in [9.17, 15) is 39.6 Å². The van der Waals surface area contributed by atoms with Gasteiger partial charge in [0.1, 0.15) is 62.4 Å². The summed E-state index contributed by atoms with van der Waals surface area (Å²) in [6.07, 6.45) is 0. The molecule has 8 aromatic rings. The molecular weight excluding hydrogens is 1010 g/mol. The quantitative estimate of drug-likeness (QED) is 0.0670. The lowest BCUT2D eigenvalue weighted by Crippen LogP contribution is -2.41. The minimum atomic E-state index is -1.25. The van der Waals surface area contributed by atoms with E-state index in [1.807, 2.05) is 19.1 Å². The molecule has 3 aliphatic rings. The lowest BCUT2D eigenvalue weighted by atomic mass is 9.71. The molecule has 0 bridgehead atoms. The van der Waals surface area contributed by atoms with Gasteiger partial charge in [-0.3, -0.25) is 19.2 Å². The van der Waals surface area contributed by atoms with Crippen LogP contribution in [0.4, 0.5) is 17.1 Å². The van der Waals surface area contributed by atoms with E-state index in [4.69, 9.17) is 14.2 Å². The van der Waals surface area contributed by atoms with E-state index in [2.05, 4.69) is 119 Å². The Labute approximate surface area is 451 Å². The monoisotopic (exact) mass is 1070 g/mol. The summed E-state index contributed by atoms with van der Waals surface area (Å²) in [7, 11) is 2.12. The zero-order chi connectivity index (χ0) is 54.4. The number of hydrogen-bond acceptors (Lipinski definition) is 12. The fourth-order valence-electron chi connectivity index (χ4n) is 11.4. The van der Waals surface area contributed by atoms with E-state index in [0.717, 1.165) is 48.8 Å². The summed E-state index contributed by atoms with van der Waals surface area (Å²) in [5, 5.41) is 43.9. The van der Waals surface area contributed by atoms with Gasteiger partial charge in [0, 0.05) is 76.4 Å². The third-order valence-corrected chi connectivity index (χ3v) is 17.8. The summed E-state index contributed by atoms with van der Waals surface area (Å²) in [6, 6.07) is 36.1. The Morgan fingerprint density at radius 3 is 1.70 bits per heavy atom. The van der Waals surface area contributed by atoms with Crippen molar-refractivity contribution >= 4 is 94.9 Å². The van der Waals surface area contributed by atoms with Crippen molar-refractivity contribution in [1.29, 1.82) is 0 Å². The largest absolute Gasteiger partial charge is 0.488 e. The van der Waals surface area contributed by atoms with Crippen LogP contribution in [-0.4, -0.2) is 90.7 Å². The van der Waals surface area contributed by atoms with Crippen LogP contribution < -0.4 is 39.3 Å².